The van der Waals surface area contributed by atoms with Crippen LogP contribution in [0.25, 0.3) is 0 Å². The summed E-state index contributed by atoms with van der Waals surface area (Å²) in [6.07, 6.45) is -5.92. The topological polar surface area (TPSA) is 98.7 Å². The maximum Gasteiger partial charge on any atom is 0.416 e. The second kappa shape index (κ2) is 6.44. The fourth-order valence-corrected chi connectivity index (χ4v) is 1.47. The zero-order chi connectivity index (χ0) is 16.2. The second-order valence-corrected chi connectivity index (χ2v) is 4.23. The maximum atomic E-state index is 12.5. The predicted molar refractivity (Wildman–Crippen MR) is 66.7 cm³/mol. The number of aliphatic hydroxyl groups excluding tert-OH is 1. The highest BCUT2D eigenvalue weighted by Gasteiger charge is 2.30. The highest BCUT2D eigenvalue weighted by Crippen LogP contribution is 2.30. The molecule has 0 saturated carbocycles. The lowest BCUT2D eigenvalue weighted by Gasteiger charge is -2.17. The monoisotopic (exact) mass is 306 g/mol. The molecule has 0 heterocycles. The number of carbonyl (C=O) groups is 2. The summed E-state index contributed by atoms with van der Waals surface area (Å²) in [6.45, 7) is 1.16. The summed E-state index contributed by atoms with van der Waals surface area (Å²) in [5.74, 6) is -1.47. The Morgan fingerprint density at radius 1 is 1.29 bits per heavy atom. The van der Waals surface area contributed by atoms with Crippen molar-refractivity contribution >= 4 is 17.7 Å². The Kier molecular flexibility index (Phi) is 5.14. The van der Waals surface area contributed by atoms with E-state index in [4.69, 9.17) is 5.11 Å². The summed E-state index contributed by atoms with van der Waals surface area (Å²) in [6, 6.07) is 1.24. The van der Waals surface area contributed by atoms with Gasteiger partial charge in [-0.05, 0) is 25.1 Å². The normalized spacial score (nSPS) is 14.1. The van der Waals surface area contributed by atoms with Gasteiger partial charge in [0, 0.05) is 5.69 Å². The largest absolute Gasteiger partial charge is 0.480 e. The average Bonchev–Trinajstić information content (AvgIpc) is 2.34. The van der Waals surface area contributed by atoms with Crippen LogP contribution in [0.4, 0.5) is 23.7 Å². The molecule has 0 spiro atoms. The van der Waals surface area contributed by atoms with E-state index in [-0.39, 0.29) is 5.69 Å². The summed E-state index contributed by atoms with van der Waals surface area (Å²) >= 11 is 0. The van der Waals surface area contributed by atoms with Gasteiger partial charge in [0.15, 0.2) is 6.04 Å². The van der Waals surface area contributed by atoms with Gasteiger partial charge in [0.1, 0.15) is 0 Å². The lowest BCUT2D eigenvalue weighted by atomic mass is 10.2. The molecule has 0 aromatic heterocycles. The predicted octanol–water partition coefficient (Wildman–Crippen LogP) is 1.66. The molecule has 1 aromatic rings. The number of rotatable bonds is 4. The highest BCUT2D eigenvalue weighted by atomic mass is 19.4. The molecule has 1 aromatic carbocycles. The first-order chi connectivity index (χ1) is 9.61. The lowest BCUT2D eigenvalue weighted by molar-refractivity contribution is -0.141. The van der Waals surface area contributed by atoms with Crippen LogP contribution in [0.3, 0.4) is 0 Å². The minimum atomic E-state index is -4.56. The Bertz CT molecular complexity index is 531. The van der Waals surface area contributed by atoms with Crippen molar-refractivity contribution in [3.63, 3.8) is 0 Å². The Labute approximate surface area is 117 Å². The van der Waals surface area contributed by atoms with Crippen molar-refractivity contribution in [3.05, 3.63) is 29.8 Å². The van der Waals surface area contributed by atoms with Gasteiger partial charge in [-0.15, -0.1) is 0 Å². The van der Waals surface area contributed by atoms with E-state index in [2.05, 4.69) is 5.32 Å². The summed E-state index contributed by atoms with van der Waals surface area (Å²) in [5, 5.41) is 21.9. The van der Waals surface area contributed by atoms with Crippen LogP contribution in [0.1, 0.15) is 12.5 Å². The molecule has 2 unspecified atom stereocenters. The number of aliphatic hydroxyl groups is 1. The molecule has 2 atom stereocenters. The van der Waals surface area contributed by atoms with Crippen molar-refractivity contribution in [1.29, 1.82) is 0 Å². The molecule has 2 amide bonds. The van der Waals surface area contributed by atoms with Gasteiger partial charge in [0.05, 0.1) is 11.7 Å². The highest BCUT2D eigenvalue weighted by molar-refractivity contribution is 5.92. The molecular weight excluding hydrogens is 293 g/mol. The number of aliphatic carboxylic acids is 1. The molecule has 0 aliphatic heterocycles. The number of anilines is 1. The number of benzene rings is 1. The zero-order valence-corrected chi connectivity index (χ0v) is 10.8. The molecule has 0 fully saturated rings. The smallest absolute Gasteiger partial charge is 0.416 e. The molecule has 1 rings (SSSR count). The van der Waals surface area contributed by atoms with Crippen molar-refractivity contribution in [3.8, 4) is 0 Å². The SMILES string of the molecule is CC(O)C(NC(=O)Nc1cccc(C(F)(F)F)c1)C(=O)O. The van der Waals surface area contributed by atoms with Gasteiger partial charge in [0.2, 0.25) is 0 Å². The lowest BCUT2D eigenvalue weighted by Crippen LogP contribution is -2.49. The van der Waals surface area contributed by atoms with Crippen molar-refractivity contribution in [2.24, 2.45) is 0 Å². The van der Waals surface area contributed by atoms with E-state index in [1.54, 1.807) is 0 Å². The Balaban J connectivity index is 2.77. The maximum absolute atomic E-state index is 12.5. The van der Waals surface area contributed by atoms with Crippen molar-refractivity contribution < 1.29 is 33.0 Å². The van der Waals surface area contributed by atoms with Gasteiger partial charge in [0.25, 0.3) is 0 Å². The van der Waals surface area contributed by atoms with Crippen LogP contribution in [0.5, 0.6) is 0 Å². The molecular formula is C12H13F3N2O4. The molecule has 0 aliphatic carbocycles. The van der Waals surface area contributed by atoms with E-state index in [0.29, 0.717) is 6.07 Å². The first-order valence-electron chi connectivity index (χ1n) is 5.77. The van der Waals surface area contributed by atoms with Crippen LogP contribution in [-0.2, 0) is 11.0 Å². The average molecular weight is 306 g/mol. The van der Waals surface area contributed by atoms with Gasteiger partial charge >= 0.3 is 18.2 Å². The zero-order valence-electron chi connectivity index (χ0n) is 10.8. The molecule has 0 radical (unpaired) electrons. The quantitative estimate of drug-likeness (QED) is 0.680. The number of urea groups is 1. The number of alkyl halides is 3. The third-order valence-electron chi connectivity index (χ3n) is 2.48. The van der Waals surface area contributed by atoms with Gasteiger partial charge < -0.3 is 20.8 Å². The van der Waals surface area contributed by atoms with Crippen molar-refractivity contribution in [1.82, 2.24) is 5.32 Å². The number of halogens is 3. The molecule has 0 saturated heterocycles. The fourth-order valence-electron chi connectivity index (χ4n) is 1.47. The molecule has 4 N–H and O–H groups in total. The van der Waals surface area contributed by atoms with Crippen LogP contribution in [-0.4, -0.2) is 34.4 Å². The number of amides is 2. The number of hydrogen-bond acceptors (Lipinski definition) is 3. The van der Waals surface area contributed by atoms with E-state index < -0.39 is 35.9 Å². The first-order valence-corrected chi connectivity index (χ1v) is 5.77. The number of hydrogen-bond donors (Lipinski definition) is 4. The van der Waals surface area contributed by atoms with Crippen LogP contribution < -0.4 is 10.6 Å². The number of carboxylic acid groups (broad SMARTS) is 1. The van der Waals surface area contributed by atoms with E-state index in [1.807, 2.05) is 5.32 Å². The van der Waals surface area contributed by atoms with Gasteiger partial charge in [-0.2, -0.15) is 13.2 Å². The van der Waals surface area contributed by atoms with Gasteiger partial charge in [-0.1, -0.05) is 6.07 Å². The first kappa shape index (κ1) is 16.8. The van der Waals surface area contributed by atoms with Crippen LogP contribution >= 0.6 is 0 Å². The summed E-state index contributed by atoms with van der Waals surface area (Å²) in [4.78, 5) is 22.3. The van der Waals surface area contributed by atoms with Gasteiger partial charge in [-0.25, -0.2) is 9.59 Å². The van der Waals surface area contributed by atoms with Crippen LogP contribution in [0.2, 0.25) is 0 Å². The van der Waals surface area contributed by atoms with E-state index in [9.17, 15) is 27.9 Å². The van der Waals surface area contributed by atoms with Crippen LogP contribution in [0, 0.1) is 0 Å². The molecule has 21 heavy (non-hydrogen) atoms. The molecule has 6 nitrogen and oxygen atoms in total. The number of carboxylic acids is 1. The third-order valence-corrected chi connectivity index (χ3v) is 2.48. The van der Waals surface area contributed by atoms with Gasteiger partial charge in [-0.3, -0.25) is 0 Å². The Morgan fingerprint density at radius 2 is 1.90 bits per heavy atom. The molecule has 0 aliphatic rings. The van der Waals surface area contributed by atoms with E-state index >= 15 is 0 Å². The Morgan fingerprint density at radius 3 is 2.38 bits per heavy atom. The minimum Gasteiger partial charge on any atom is -0.480 e. The van der Waals surface area contributed by atoms with E-state index in [0.717, 1.165) is 19.1 Å². The molecule has 0 bridgehead atoms. The second-order valence-electron chi connectivity index (χ2n) is 4.23. The van der Waals surface area contributed by atoms with Crippen LogP contribution in [0.15, 0.2) is 24.3 Å². The fraction of sp³-hybridized carbons (Fsp3) is 0.333. The molecule has 9 heteroatoms. The molecule has 116 valence electrons. The number of carbonyl (C=O) groups excluding carboxylic acids is 1. The number of nitrogens with one attached hydrogen (secondary N) is 2. The minimum absolute atomic E-state index is 0.156. The summed E-state index contributed by atoms with van der Waals surface area (Å²) < 4.78 is 37.5. The van der Waals surface area contributed by atoms with E-state index in [1.165, 1.54) is 6.07 Å². The summed E-state index contributed by atoms with van der Waals surface area (Å²) in [7, 11) is 0. The standard InChI is InChI=1S/C12H13F3N2O4/c1-6(18)9(10(19)20)17-11(21)16-8-4-2-3-7(5-8)12(13,14)15/h2-6,9,18H,1H3,(H,19,20)(H2,16,17,21). The van der Waals surface area contributed by atoms with Crippen molar-refractivity contribution in [2.45, 2.75) is 25.2 Å². The third kappa shape index (κ3) is 4.95. The van der Waals surface area contributed by atoms with Crippen molar-refractivity contribution in [2.75, 3.05) is 5.32 Å². The Hall–Kier alpha value is -2.29. The summed E-state index contributed by atoms with van der Waals surface area (Å²) in [5.41, 5.74) is -1.11.